The predicted octanol–water partition coefficient (Wildman–Crippen LogP) is 4.34. The molecule has 1 atom stereocenters. The van der Waals surface area contributed by atoms with Crippen molar-refractivity contribution in [1.29, 1.82) is 5.26 Å². The Hall–Kier alpha value is -0.333. The highest BCUT2D eigenvalue weighted by molar-refractivity contribution is 6.71. The van der Waals surface area contributed by atoms with Gasteiger partial charge in [-0.05, 0) is 39.4 Å². The van der Waals surface area contributed by atoms with Gasteiger partial charge in [0.05, 0.1) is 17.6 Å². The molecule has 2 nitrogen and oxygen atoms in total. The molecular weight excluding hydrogens is 214 g/mol. The normalized spacial score (nSPS) is 14.6. The predicted molar refractivity (Wildman–Crippen MR) is 71.8 cm³/mol. The number of nitriles is 1. The summed E-state index contributed by atoms with van der Waals surface area (Å²) in [7, 11) is -1.59. The van der Waals surface area contributed by atoms with Gasteiger partial charge in [0.15, 0.2) is 8.32 Å². The summed E-state index contributed by atoms with van der Waals surface area (Å²) in [6.45, 7) is 12.8. The molecule has 0 radical (unpaired) electrons. The zero-order valence-electron chi connectivity index (χ0n) is 11.8. The maximum atomic E-state index is 9.15. The van der Waals surface area contributed by atoms with E-state index in [2.05, 4.69) is 33.0 Å². The molecule has 0 aromatic heterocycles. The van der Waals surface area contributed by atoms with E-state index in [1.54, 1.807) is 0 Å². The number of nitrogens with zero attached hydrogens (tertiary/aromatic N) is 1. The van der Waals surface area contributed by atoms with E-state index in [1.165, 1.54) is 18.9 Å². The van der Waals surface area contributed by atoms with E-state index in [4.69, 9.17) is 9.69 Å². The van der Waals surface area contributed by atoms with Crippen LogP contribution in [-0.4, -0.2) is 14.4 Å². The molecule has 0 aliphatic carbocycles. The third-order valence-corrected chi connectivity index (χ3v) is 5.54. The molecule has 0 N–H and O–H groups in total. The van der Waals surface area contributed by atoms with Gasteiger partial charge in [0.1, 0.15) is 0 Å². The van der Waals surface area contributed by atoms with Crippen LogP contribution in [0, 0.1) is 16.7 Å². The average molecular weight is 241 g/mol. The van der Waals surface area contributed by atoms with Crippen LogP contribution in [0.5, 0.6) is 0 Å². The number of hydrogen-bond donors (Lipinski definition) is 0. The molecule has 0 aliphatic rings. The minimum absolute atomic E-state index is 0.0797. The molecule has 0 fully saturated rings. The zero-order chi connectivity index (χ0) is 12.8. The Morgan fingerprint density at radius 1 is 1.31 bits per heavy atom. The van der Waals surface area contributed by atoms with Crippen molar-refractivity contribution >= 4 is 8.32 Å². The van der Waals surface area contributed by atoms with Gasteiger partial charge in [-0.15, -0.1) is 0 Å². The number of rotatable bonds is 7. The molecular formula is C13H27NOSi. The molecule has 0 amide bonds. The van der Waals surface area contributed by atoms with Crippen molar-refractivity contribution in [1.82, 2.24) is 0 Å². The first-order chi connectivity index (χ1) is 7.29. The lowest BCUT2D eigenvalue weighted by molar-refractivity contribution is 0.0984. The zero-order valence-corrected chi connectivity index (χ0v) is 12.8. The Kier molecular flexibility index (Phi) is 6.28. The molecule has 0 heterocycles. The summed E-state index contributed by atoms with van der Waals surface area (Å²) in [5.41, 5.74) is -0.370. The standard InChI is InChI=1S/C13H27NOSi/c1-7-9-10-16(5,6)15-12(8-2)13(3,4)11-14/h12H,7-10H2,1-6H3. The molecule has 1 unspecified atom stereocenters. The second kappa shape index (κ2) is 6.41. The number of unbranched alkanes of at least 4 members (excludes halogenated alkanes) is 1. The van der Waals surface area contributed by atoms with Crippen molar-refractivity contribution in [3.8, 4) is 6.07 Å². The molecule has 0 aromatic rings. The van der Waals surface area contributed by atoms with Crippen molar-refractivity contribution in [3.63, 3.8) is 0 Å². The lowest BCUT2D eigenvalue weighted by Gasteiger charge is -2.35. The van der Waals surface area contributed by atoms with Gasteiger partial charge in [-0.25, -0.2) is 0 Å². The van der Waals surface area contributed by atoms with Gasteiger partial charge in [0.25, 0.3) is 0 Å². The van der Waals surface area contributed by atoms with Gasteiger partial charge >= 0.3 is 0 Å². The fourth-order valence-corrected chi connectivity index (χ4v) is 4.41. The SMILES string of the molecule is CCCC[Si](C)(C)OC(CC)C(C)(C)C#N. The highest BCUT2D eigenvalue weighted by atomic mass is 28.4. The molecule has 3 heteroatoms. The van der Waals surface area contributed by atoms with E-state index < -0.39 is 8.32 Å². The van der Waals surface area contributed by atoms with Crippen LogP contribution >= 0.6 is 0 Å². The molecule has 0 bridgehead atoms. The fraction of sp³-hybridized carbons (Fsp3) is 0.923. The minimum Gasteiger partial charge on any atom is -0.413 e. The Bertz CT molecular complexity index is 243. The van der Waals surface area contributed by atoms with Crippen molar-refractivity contribution in [2.24, 2.45) is 5.41 Å². The summed E-state index contributed by atoms with van der Waals surface area (Å²) >= 11 is 0. The van der Waals surface area contributed by atoms with E-state index in [9.17, 15) is 0 Å². The Morgan fingerprint density at radius 3 is 2.25 bits per heavy atom. The maximum absolute atomic E-state index is 9.15. The quantitative estimate of drug-likeness (QED) is 0.621. The minimum atomic E-state index is -1.59. The summed E-state index contributed by atoms with van der Waals surface area (Å²) in [5.74, 6) is 0. The summed E-state index contributed by atoms with van der Waals surface area (Å²) < 4.78 is 6.26. The van der Waals surface area contributed by atoms with Gasteiger partial charge in [-0.1, -0.05) is 26.7 Å². The Morgan fingerprint density at radius 2 is 1.88 bits per heavy atom. The van der Waals surface area contributed by atoms with Gasteiger partial charge in [0, 0.05) is 0 Å². The lowest BCUT2D eigenvalue weighted by Crippen LogP contribution is -2.41. The molecule has 0 rings (SSSR count). The molecule has 0 spiro atoms. The van der Waals surface area contributed by atoms with Gasteiger partial charge in [-0.2, -0.15) is 5.26 Å². The summed E-state index contributed by atoms with van der Waals surface area (Å²) in [6.07, 6.45) is 3.46. The molecule has 0 saturated carbocycles. The van der Waals surface area contributed by atoms with E-state index in [0.717, 1.165) is 6.42 Å². The van der Waals surface area contributed by atoms with Gasteiger partial charge in [0.2, 0.25) is 0 Å². The first-order valence-corrected chi connectivity index (χ1v) is 9.49. The highest BCUT2D eigenvalue weighted by Gasteiger charge is 2.34. The first-order valence-electron chi connectivity index (χ1n) is 6.38. The van der Waals surface area contributed by atoms with Crippen LogP contribution < -0.4 is 0 Å². The average Bonchev–Trinajstić information content (AvgIpc) is 2.23. The third kappa shape index (κ3) is 5.13. The van der Waals surface area contributed by atoms with Crippen LogP contribution in [0.15, 0.2) is 0 Å². The second-order valence-corrected chi connectivity index (χ2v) is 9.97. The lowest BCUT2D eigenvalue weighted by atomic mass is 9.87. The van der Waals surface area contributed by atoms with Crippen molar-refractivity contribution in [2.75, 3.05) is 0 Å². The van der Waals surface area contributed by atoms with Crippen LogP contribution in [0.4, 0.5) is 0 Å². The third-order valence-electron chi connectivity index (χ3n) is 3.06. The van der Waals surface area contributed by atoms with E-state index >= 15 is 0 Å². The van der Waals surface area contributed by atoms with Crippen molar-refractivity contribution < 1.29 is 4.43 Å². The Balaban J connectivity index is 4.49. The summed E-state index contributed by atoms with van der Waals surface area (Å²) in [6, 6.07) is 3.56. The van der Waals surface area contributed by atoms with E-state index in [1.807, 2.05) is 13.8 Å². The monoisotopic (exact) mass is 241 g/mol. The van der Waals surface area contributed by atoms with Gasteiger partial charge < -0.3 is 4.43 Å². The van der Waals surface area contributed by atoms with Crippen LogP contribution in [-0.2, 0) is 4.43 Å². The van der Waals surface area contributed by atoms with E-state index in [0.29, 0.717) is 0 Å². The number of hydrogen-bond acceptors (Lipinski definition) is 2. The van der Waals surface area contributed by atoms with E-state index in [-0.39, 0.29) is 11.5 Å². The van der Waals surface area contributed by atoms with Crippen LogP contribution in [0.3, 0.4) is 0 Å². The molecule has 16 heavy (non-hydrogen) atoms. The summed E-state index contributed by atoms with van der Waals surface area (Å²) in [5, 5.41) is 9.15. The molecule has 0 aromatic carbocycles. The molecule has 0 saturated heterocycles. The smallest absolute Gasteiger partial charge is 0.187 e. The first kappa shape index (κ1) is 15.7. The van der Waals surface area contributed by atoms with Crippen molar-refractivity contribution in [2.45, 2.75) is 72.2 Å². The largest absolute Gasteiger partial charge is 0.413 e. The maximum Gasteiger partial charge on any atom is 0.187 e. The second-order valence-electron chi connectivity index (χ2n) is 5.71. The fourth-order valence-electron chi connectivity index (χ4n) is 1.86. The van der Waals surface area contributed by atoms with Crippen molar-refractivity contribution in [3.05, 3.63) is 0 Å². The van der Waals surface area contributed by atoms with Gasteiger partial charge in [-0.3, -0.25) is 0 Å². The van der Waals surface area contributed by atoms with Crippen LogP contribution in [0.1, 0.15) is 47.0 Å². The highest BCUT2D eigenvalue weighted by Crippen LogP contribution is 2.29. The van der Waals surface area contributed by atoms with Crippen LogP contribution in [0.25, 0.3) is 0 Å². The Labute approximate surface area is 102 Å². The molecule has 0 aliphatic heterocycles. The topological polar surface area (TPSA) is 33.0 Å². The van der Waals surface area contributed by atoms with Crippen LogP contribution in [0.2, 0.25) is 19.1 Å². The summed E-state index contributed by atoms with van der Waals surface area (Å²) in [4.78, 5) is 0. The molecule has 94 valence electrons.